The molecule has 0 radical (unpaired) electrons. The standard InChI is InChI=1S/C15H15NO2S/c1-11(2)16-14-9-5-3-7-12(14)13-8-4-6-10-15(13)19(16,17)18/h3-11H,1-2H3. The van der Waals surface area contributed by atoms with Crippen molar-refractivity contribution in [1.29, 1.82) is 0 Å². The van der Waals surface area contributed by atoms with Gasteiger partial charge in [0.05, 0.1) is 10.6 Å². The number of hydrogen-bond donors (Lipinski definition) is 0. The maximum Gasteiger partial charge on any atom is 0.265 e. The predicted molar refractivity (Wildman–Crippen MR) is 76.7 cm³/mol. The van der Waals surface area contributed by atoms with Crippen molar-refractivity contribution >= 4 is 15.7 Å². The van der Waals surface area contributed by atoms with Crippen LogP contribution in [0.4, 0.5) is 5.69 Å². The minimum Gasteiger partial charge on any atom is -0.263 e. The van der Waals surface area contributed by atoms with Crippen molar-refractivity contribution in [1.82, 2.24) is 0 Å². The molecule has 1 heterocycles. The van der Waals surface area contributed by atoms with Crippen LogP contribution < -0.4 is 4.31 Å². The maximum atomic E-state index is 12.7. The normalized spacial score (nSPS) is 16.1. The van der Waals surface area contributed by atoms with E-state index in [0.29, 0.717) is 4.90 Å². The molecule has 2 aromatic carbocycles. The predicted octanol–water partition coefficient (Wildman–Crippen LogP) is 3.27. The van der Waals surface area contributed by atoms with Gasteiger partial charge >= 0.3 is 0 Å². The molecule has 0 saturated heterocycles. The molecule has 0 amide bonds. The van der Waals surface area contributed by atoms with Crippen LogP contribution in [0, 0.1) is 0 Å². The number of para-hydroxylation sites is 1. The van der Waals surface area contributed by atoms with Crippen LogP contribution in [0.15, 0.2) is 53.4 Å². The summed E-state index contributed by atoms with van der Waals surface area (Å²) in [5.74, 6) is 0. The summed E-state index contributed by atoms with van der Waals surface area (Å²) in [5.41, 5.74) is 2.52. The Bertz CT molecular complexity index is 735. The molecule has 3 nitrogen and oxygen atoms in total. The summed E-state index contributed by atoms with van der Waals surface area (Å²) in [4.78, 5) is 0.391. The monoisotopic (exact) mass is 273 g/mol. The van der Waals surface area contributed by atoms with E-state index in [2.05, 4.69) is 0 Å². The third kappa shape index (κ3) is 1.67. The Balaban J connectivity index is 2.42. The van der Waals surface area contributed by atoms with Crippen LogP contribution in [0.2, 0.25) is 0 Å². The van der Waals surface area contributed by atoms with Gasteiger partial charge in [0.25, 0.3) is 10.0 Å². The molecule has 0 bridgehead atoms. The molecule has 19 heavy (non-hydrogen) atoms. The molecule has 2 aromatic rings. The highest BCUT2D eigenvalue weighted by Crippen LogP contribution is 2.43. The average molecular weight is 273 g/mol. The van der Waals surface area contributed by atoms with Crippen LogP contribution in [0.25, 0.3) is 11.1 Å². The lowest BCUT2D eigenvalue weighted by Gasteiger charge is -2.34. The summed E-state index contributed by atoms with van der Waals surface area (Å²) in [6.45, 7) is 3.78. The Morgan fingerprint density at radius 2 is 1.47 bits per heavy atom. The molecule has 0 fully saturated rings. The minimum absolute atomic E-state index is 0.112. The number of rotatable bonds is 1. The van der Waals surface area contributed by atoms with Gasteiger partial charge in [0.1, 0.15) is 0 Å². The van der Waals surface area contributed by atoms with Crippen LogP contribution in [-0.2, 0) is 10.0 Å². The van der Waals surface area contributed by atoms with E-state index in [0.717, 1.165) is 16.8 Å². The fourth-order valence-corrected chi connectivity index (χ4v) is 4.49. The summed E-state index contributed by atoms with van der Waals surface area (Å²) < 4.78 is 27.0. The van der Waals surface area contributed by atoms with Crippen molar-refractivity contribution in [3.63, 3.8) is 0 Å². The van der Waals surface area contributed by atoms with E-state index in [1.54, 1.807) is 12.1 Å². The number of fused-ring (bicyclic) bond motifs is 3. The first-order valence-corrected chi connectivity index (χ1v) is 7.70. The van der Waals surface area contributed by atoms with Gasteiger partial charge in [-0.25, -0.2) is 8.42 Å². The highest BCUT2D eigenvalue weighted by molar-refractivity contribution is 7.93. The van der Waals surface area contributed by atoms with Crippen molar-refractivity contribution in [2.45, 2.75) is 24.8 Å². The molecule has 98 valence electrons. The Morgan fingerprint density at radius 1 is 0.895 bits per heavy atom. The summed E-state index contributed by atoms with van der Waals surface area (Å²) >= 11 is 0. The second-order valence-electron chi connectivity index (χ2n) is 4.91. The van der Waals surface area contributed by atoms with Gasteiger partial charge < -0.3 is 0 Å². The molecule has 4 heteroatoms. The third-order valence-electron chi connectivity index (χ3n) is 3.32. The molecule has 0 unspecified atom stereocenters. The average Bonchev–Trinajstić information content (AvgIpc) is 2.38. The van der Waals surface area contributed by atoms with Gasteiger partial charge in [0.15, 0.2) is 0 Å². The van der Waals surface area contributed by atoms with Crippen molar-refractivity contribution in [3.8, 4) is 11.1 Å². The SMILES string of the molecule is CC(C)N1c2ccccc2-c2ccccc2S1(=O)=O. The number of benzene rings is 2. The van der Waals surface area contributed by atoms with E-state index in [1.165, 1.54) is 4.31 Å². The second kappa shape index (κ2) is 4.10. The molecule has 0 aromatic heterocycles. The van der Waals surface area contributed by atoms with E-state index in [4.69, 9.17) is 0 Å². The van der Waals surface area contributed by atoms with Crippen molar-refractivity contribution in [3.05, 3.63) is 48.5 Å². The molecule has 0 saturated carbocycles. The summed E-state index contributed by atoms with van der Waals surface area (Å²) in [6, 6.07) is 14.7. The first-order valence-electron chi connectivity index (χ1n) is 6.26. The van der Waals surface area contributed by atoms with E-state index in [1.807, 2.05) is 50.2 Å². The molecule has 0 aliphatic carbocycles. The van der Waals surface area contributed by atoms with Gasteiger partial charge in [-0.05, 0) is 26.0 Å². The van der Waals surface area contributed by atoms with E-state index < -0.39 is 10.0 Å². The summed E-state index contributed by atoms with van der Waals surface area (Å²) in [5, 5.41) is 0. The van der Waals surface area contributed by atoms with Crippen molar-refractivity contribution in [2.24, 2.45) is 0 Å². The number of sulfonamides is 1. The lowest BCUT2D eigenvalue weighted by atomic mass is 10.0. The van der Waals surface area contributed by atoms with E-state index >= 15 is 0 Å². The summed E-state index contributed by atoms with van der Waals surface area (Å²) in [6.07, 6.45) is 0. The highest BCUT2D eigenvalue weighted by atomic mass is 32.2. The molecule has 1 aliphatic rings. The molecule has 3 rings (SSSR count). The number of anilines is 1. The highest BCUT2D eigenvalue weighted by Gasteiger charge is 2.35. The Hall–Kier alpha value is -1.81. The lowest BCUT2D eigenvalue weighted by molar-refractivity contribution is 0.583. The fraction of sp³-hybridized carbons (Fsp3) is 0.200. The minimum atomic E-state index is -3.46. The smallest absolute Gasteiger partial charge is 0.263 e. The molecule has 1 aliphatic heterocycles. The quantitative estimate of drug-likeness (QED) is 0.799. The molecule has 0 spiro atoms. The third-order valence-corrected chi connectivity index (χ3v) is 5.37. The molecular formula is C15H15NO2S. The number of hydrogen-bond acceptors (Lipinski definition) is 2. The Morgan fingerprint density at radius 3 is 2.16 bits per heavy atom. The molecular weight excluding hydrogens is 258 g/mol. The lowest BCUT2D eigenvalue weighted by Crippen LogP contribution is -2.39. The Kier molecular flexibility index (Phi) is 2.64. The van der Waals surface area contributed by atoms with Crippen LogP contribution >= 0.6 is 0 Å². The zero-order valence-corrected chi connectivity index (χ0v) is 11.7. The van der Waals surface area contributed by atoms with Gasteiger partial charge in [-0.3, -0.25) is 4.31 Å². The van der Waals surface area contributed by atoms with Crippen LogP contribution in [-0.4, -0.2) is 14.5 Å². The fourth-order valence-electron chi connectivity index (χ4n) is 2.60. The van der Waals surface area contributed by atoms with Crippen molar-refractivity contribution < 1.29 is 8.42 Å². The molecule has 0 N–H and O–H groups in total. The largest absolute Gasteiger partial charge is 0.265 e. The summed E-state index contributed by atoms with van der Waals surface area (Å²) in [7, 11) is -3.46. The second-order valence-corrected chi connectivity index (χ2v) is 6.69. The number of nitrogens with zero attached hydrogens (tertiary/aromatic N) is 1. The maximum absolute atomic E-state index is 12.7. The van der Waals surface area contributed by atoms with E-state index in [9.17, 15) is 8.42 Å². The first kappa shape index (κ1) is 12.2. The van der Waals surface area contributed by atoms with Crippen LogP contribution in [0.3, 0.4) is 0 Å². The van der Waals surface area contributed by atoms with Gasteiger partial charge in [0, 0.05) is 17.2 Å². The van der Waals surface area contributed by atoms with Gasteiger partial charge in [0.2, 0.25) is 0 Å². The van der Waals surface area contributed by atoms with Crippen LogP contribution in [0.1, 0.15) is 13.8 Å². The zero-order valence-electron chi connectivity index (χ0n) is 10.9. The topological polar surface area (TPSA) is 37.4 Å². The van der Waals surface area contributed by atoms with Gasteiger partial charge in [-0.2, -0.15) is 0 Å². The first-order chi connectivity index (χ1) is 9.03. The van der Waals surface area contributed by atoms with Crippen LogP contribution in [0.5, 0.6) is 0 Å². The zero-order chi connectivity index (χ0) is 13.6. The molecule has 0 atom stereocenters. The Labute approximate surface area is 113 Å². The van der Waals surface area contributed by atoms with Gasteiger partial charge in [-0.1, -0.05) is 36.4 Å². The van der Waals surface area contributed by atoms with E-state index in [-0.39, 0.29) is 6.04 Å². The van der Waals surface area contributed by atoms with Gasteiger partial charge in [-0.15, -0.1) is 0 Å². The van der Waals surface area contributed by atoms with Crippen molar-refractivity contribution in [2.75, 3.05) is 4.31 Å².